The molecule has 1 atom stereocenters. The zero-order valence-electron chi connectivity index (χ0n) is 8.34. The first-order valence-electron chi connectivity index (χ1n) is 4.68. The molecular weight excluding hydrogens is 178 g/mol. The minimum Gasteiger partial charge on any atom is -0.306 e. The van der Waals surface area contributed by atoms with Crippen molar-refractivity contribution >= 4 is 11.3 Å². The van der Waals surface area contributed by atoms with E-state index in [1.165, 1.54) is 10.5 Å². The average Bonchev–Trinajstić information content (AvgIpc) is 2.57. The van der Waals surface area contributed by atoms with Crippen molar-refractivity contribution in [3.05, 3.63) is 34.5 Å². The molecule has 0 saturated carbocycles. The molecule has 0 amide bonds. The van der Waals surface area contributed by atoms with Gasteiger partial charge in [0.05, 0.1) is 6.04 Å². The highest BCUT2D eigenvalue weighted by Crippen LogP contribution is 2.24. The number of rotatable bonds is 5. The Hall–Kier alpha value is -0.600. The first kappa shape index (κ1) is 10.5. The molecule has 0 aromatic carbocycles. The molecule has 1 unspecified atom stereocenters. The highest BCUT2D eigenvalue weighted by Gasteiger charge is 2.11. The standard InChI is InChI=1S/C11H17NS/c1-4-7-12-11(9(2)3)10-6-5-8-13-10/h5-6,8,11-12H,2,4,7H2,1,3H3. The molecule has 1 nitrogen and oxygen atoms in total. The van der Waals surface area contributed by atoms with Gasteiger partial charge in [-0.25, -0.2) is 0 Å². The highest BCUT2D eigenvalue weighted by atomic mass is 32.1. The van der Waals surface area contributed by atoms with Gasteiger partial charge < -0.3 is 5.32 Å². The second kappa shape index (κ2) is 5.20. The van der Waals surface area contributed by atoms with Gasteiger partial charge in [-0.15, -0.1) is 11.3 Å². The third-order valence-electron chi connectivity index (χ3n) is 1.92. The van der Waals surface area contributed by atoms with Gasteiger partial charge in [0.2, 0.25) is 0 Å². The van der Waals surface area contributed by atoms with Crippen molar-refractivity contribution in [2.45, 2.75) is 26.3 Å². The van der Waals surface area contributed by atoms with E-state index in [1.54, 1.807) is 11.3 Å². The van der Waals surface area contributed by atoms with E-state index in [9.17, 15) is 0 Å². The fraction of sp³-hybridized carbons (Fsp3) is 0.455. The zero-order chi connectivity index (χ0) is 9.68. The van der Waals surface area contributed by atoms with E-state index in [4.69, 9.17) is 0 Å². The summed E-state index contributed by atoms with van der Waals surface area (Å²) in [5.41, 5.74) is 1.19. The van der Waals surface area contributed by atoms with Gasteiger partial charge in [0, 0.05) is 4.88 Å². The molecule has 1 aromatic heterocycles. The Morgan fingerprint density at radius 2 is 2.46 bits per heavy atom. The molecule has 0 radical (unpaired) electrons. The van der Waals surface area contributed by atoms with Crippen LogP contribution in [0.25, 0.3) is 0 Å². The molecular formula is C11H17NS. The Kier molecular flexibility index (Phi) is 4.19. The minimum absolute atomic E-state index is 0.347. The van der Waals surface area contributed by atoms with E-state index in [0.717, 1.165) is 13.0 Å². The smallest absolute Gasteiger partial charge is 0.0625 e. The van der Waals surface area contributed by atoms with Crippen molar-refractivity contribution < 1.29 is 0 Å². The molecule has 13 heavy (non-hydrogen) atoms. The first-order chi connectivity index (χ1) is 6.25. The van der Waals surface area contributed by atoms with Crippen LogP contribution in [0.3, 0.4) is 0 Å². The van der Waals surface area contributed by atoms with Crippen LogP contribution in [0.15, 0.2) is 29.7 Å². The number of hydrogen-bond acceptors (Lipinski definition) is 2. The van der Waals surface area contributed by atoms with Crippen LogP contribution >= 0.6 is 11.3 Å². The van der Waals surface area contributed by atoms with Crippen LogP contribution in [-0.4, -0.2) is 6.54 Å². The van der Waals surface area contributed by atoms with E-state index in [1.807, 2.05) is 0 Å². The maximum Gasteiger partial charge on any atom is 0.0625 e. The van der Waals surface area contributed by atoms with E-state index in [2.05, 4.69) is 43.3 Å². The van der Waals surface area contributed by atoms with Gasteiger partial charge >= 0.3 is 0 Å². The minimum atomic E-state index is 0.347. The van der Waals surface area contributed by atoms with Crippen LogP contribution in [0.2, 0.25) is 0 Å². The van der Waals surface area contributed by atoms with Crippen molar-refractivity contribution in [3.8, 4) is 0 Å². The maximum absolute atomic E-state index is 4.01. The van der Waals surface area contributed by atoms with Crippen LogP contribution in [0.5, 0.6) is 0 Å². The van der Waals surface area contributed by atoms with Crippen LogP contribution < -0.4 is 5.32 Å². The molecule has 2 heteroatoms. The second-order valence-electron chi connectivity index (χ2n) is 3.25. The number of nitrogens with one attached hydrogen (secondary N) is 1. The topological polar surface area (TPSA) is 12.0 Å². The summed E-state index contributed by atoms with van der Waals surface area (Å²) < 4.78 is 0. The molecule has 0 aliphatic carbocycles. The van der Waals surface area contributed by atoms with Crippen molar-refractivity contribution in [2.24, 2.45) is 0 Å². The summed E-state index contributed by atoms with van der Waals surface area (Å²) >= 11 is 1.79. The molecule has 0 aliphatic rings. The normalized spacial score (nSPS) is 12.8. The third-order valence-corrected chi connectivity index (χ3v) is 2.86. The quantitative estimate of drug-likeness (QED) is 0.710. The van der Waals surface area contributed by atoms with Gasteiger partial charge in [0.1, 0.15) is 0 Å². The van der Waals surface area contributed by atoms with Gasteiger partial charge in [0.25, 0.3) is 0 Å². The molecule has 1 rings (SSSR count). The van der Waals surface area contributed by atoms with Crippen molar-refractivity contribution in [2.75, 3.05) is 6.54 Å². The maximum atomic E-state index is 4.01. The molecule has 1 aromatic rings. The molecule has 1 heterocycles. The summed E-state index contributed by atoms with van der Waals surface area (Å²) in [5.74, 6) is 0. The monoisotopic (exact) mass is 195 g/mol. The van der Waals surface area contributed by atoms with Gasteiger partial charge in [-0.1, -0.05) is 25.1 Å². The van der Waals surface area contributed by atoms with Crippen molar-refractivity contribution in [1.82, 2.24) is 5.32 Å². The first-order valence-corrected chi connectivity index (χ1v) is 5.56. The average molecular weight is 195 g/mol. The van der Waals surface area contributed by atoms with Crippen molar-refractivity contribution in [3.63, 3.8) is 0 Å². The predicted molar refractivity (Wildman–Crippen MR) is 60.2 cm³/mol. The lowest BCUT2D eigenvalue weighted by Crippen LogP contribution is -2.21. The molecule has 0 spiro atoms. The highest BCUT2D eigenvalue weighted by molar-refractivity contribution is 7.10. The van der Waals surface area contributed by atoms with Crippen LogP contribution in [-0.2, 0) is 0 Å². The Morgan fingerprint density at radius 1 is 1.69 bits per heavy atom. The lowest BCUT2D eigenvalue weighted by Gasteiger charge is -2.16. The molecule has 0 fully saturated rings. The molecule has 0 aliphatic heterocycles. The van der Waals surface area contributed by atoms with Crippen molar-refractivity contribution in [1.29, 1.82) is 0 Å². The van der Waals surface area contributed by atoms with E-state index in [0.29, 0.717) is 6.04 Å². The zero-order valence-corrected chi connectivity index (χ0v) is 9.16. The second-order valence-corrected chi connectivity index (χ2v) is 4.23. The molecule has 0 bridgehead atoms. The van der Waals surface area contributed by atoms with Crippen LogP contribution in [0.1, 0.15) is 31.2 Å². The van der Waals surface area contributed by atoms with Gasteiger partial charge in [-0.05, 0) is 31.3 Å². The van der Waals surface area contributed by atoms with Gasteiger partial charge in [-0.3, -0.25) is 0 Å². The Bertz CT molecular complexity index is 251. The van der Waals surface area contributed by atoms with Gasteiger partial charge in [-0.2, -0.15) is 0 Å². The number of hydrogen-bond donors (Lipinski definition) is 1. The molecule has 1 N–H and O–H groups in total. The van der Waals surface area contributed by atoms with Crippen LogP contribution in [0, 0.1) is 0 Å². The Morgan fingerprint density at radius 3 is 2.92 bits per heavy atom. The van der Waals surface area contributed by atoms with E-state index in [-0.39, 0.29) is 0 Å². The summed E-state index contributed by atoms with van der Waals surface area (Å²) in [6.07, 6.45) is 1.16. The summed E-state index contributed by atoms with van der Waals surface area (Å²) in [5, 5.41) is 5.59. The third kappa shape index (κ3) is 2.98. The lowest BCUT2D eigenvalue weighted by molar-refractivity contribution is 0.598. The largest absolute Gasteiger partial charge is 0.306 e. The Balaban J connectivity index is 2.63. The predicted octanol–water partition coefficient (Wildman–Crippen LogP) is 3.36. The summed E-state index contributed by atoms with van der Waals surface area (Å²) in [7, 11) is 0. The SMILES string of the molecule is C=C(C)C(NCCC)c1cccs1. The number of thiophene rings is 1. The lowest BCUT2D eigenvalue weighted by atomic mass is 10.1. The Labute approximate surface area is 84.5 Å². The fourth-order valence-electron chi connectivity index (χ4n) is 1.26. The molecule has 72 valence electrons. The fourth-order valence-corrected chi connectivity index (χ4v) is 2.15. The summed E-state index contributed by atoms with van der Waals surface area (Å²) in [6, 6.07) is 4.59. The summed E-state index contributed by atoms with van der Waals surface area (Å²) in [4.78, 5) is 1.36. The van der Waals surface area contributed by atoms with E-state index < -0.39 is 0 Å². The van der Waals surface area contributed by atoms with Gasteiger partial charge in [0.15, 0.2) is 0 Å². The molecule has 0 saturated heterocycles. The van der Waals surface area contributed by atoms with Crippen LogP contribution in [0.4, 0.5) is 0 Å². The van der Waals surface area contributed by atoms with E-state index >= 15 is 0 Å². The summed E-state index contributed by atoms with van der Waals surface area (Å²) in [6.45, 7) is 9.31.